The van der Waals surface area contributed by atoms with Crippen LogP contribution in [0.2, 0.25) is 0 Å². The van der Waals surface area contributed by atoms with Crippen LogP contribution in [-0.2, 0) is 47.9 Å². The van der Waals surface area contributed by atoms with E-state index in [2.05, 4.69) is 25.9 Å². The van der Waals surface area contributed by atoms with Crippen LogP contribution in [-0.4, -0.2) is 84.6 Å². The molecule has 0 radical (unpaired) electrons. The maximum absolute atomic E-state index is 14.2. The molecule has 3 aromatic rings. The van der Waals surface area contributed by atoms with Gasteiger partial charge in [0, 0.05) is 43.2 Å². The third-order valence-electron chi connectivity index (χ3n) is 9.59. The highest BCUT2D eigenvalue weighted by molar-refractivity contribution is 7.51. The lowest BCUT2D eigenvalue weighted by molar-refractivity contribution is -0.145. The van der Waals surface area contributed by atoms with Gasteiger partial charge in [0.05, 0.1) is 6.33 Å². The Bertz CT molecular complexity index is 1770. The van der Waals surface area contributed by atoms with Gasteiger partial charge < -0.3 is 45.2 Å². The highest BCUT2D eigenvalue weighted by Crippen LogP contribution is 2.35. The topological polar surface area (TPSA) is 220 Å². The van der Waals surface area contributed by atoms with Gasteiger partial charge in [-0.05, 0) is 62.3 Å². The summed E-state index contributed by atoms with van der Waals surface area (Å²) in [6.45, 7) is 1.66. The highest BCUT2D eigenvalue weighted by Gasteiger charge is 2.45. The molecule has 2 aromatic carbocycles. The Hall–Kier alpha value is -4.85. The van der Waals surface area contributed by atoms with Gasteiger partial charge >= 0.3 is 7.60 Å². The maximum atomic E-state index is 14.2. The van der Waals surface area contributed by atoms with E-state index < -0.39 is 49.8 Å². The first kappa shape index (κ1) is 39.4. The summed E-state index contributed by atoms with van der Waals surface area (Å²) in [5, 5.41) is 8.70. The second kappa shape index (κ2) is 18.3. The molecule has 284 valence electrons. The zero-order valence-electron chi connectivity index (χ0n) is 29.6. The standard InChI is InChI=1S/C37H47N6O9P/c1-24(44)17-27(18-25-11-14-30(15-12-25)52-23-53(49,50)51)34(45)41-31-10-6-5-9-29-13-16-33(43(29)37(31)48)36(47)42-32(19-28-21-38-22-40-28)35(46)39-20-26-7-3-2-4-8-26/h2-4,7-8,11-12,14-15,21-22,27,29,31-33H,5-6,9-10,13,16-20,23H2,1H3,(H,38,40)(H,39,46)(H,41,45)(H,42,47)(H2,49,50,51)/t27-,29?,31-,32-,33-/m0/s1. The normalized spacial score (nSPS) is 19.9. The predicted molar refractivity (Wildman–Crippen MR) is 193 cm³/mol. The molecular weight excluding hydrogens is 703 g/mol. The molecule has 0 aliphatic carbocycles. The zero-order valence-corrected chi connectivity index (χ0v) is 30.5. The number of fused-ring (bicyclic) bond motifs is 1. The number of aromatic nitrogens is 2. The Morgan fingerprint density at radius 1 is 0.962 bits per heavy atom. The third-order valence-corrected chi connectivity index (χ3v) is 10.1. The SMILES string of the molecule is CC(=O)C[C@@H](Cc1ccc(OCP(=O)(O)O)cc1)C(=O)N[C@H]1CCCCC2CC[C@@H](C(=O)N[C@@H](Cc3cnc[nH]3)C(=O)NCc3ccccc3)N2C1=O. The number of rotatable bonds is 16. The number of Topliss-reactive ketones (excluding diaryl/α,β-unsaturated/α-hetero) is 1. The Balaban J connectivity index is 1.26. The fraction of sp³-hybridized carbons (Fsp3) is 0.459. The van der Waals surface area contributed by atoms with Gasteiger partial charge in [0.15, 0.2) is 6.35 Å². The molecule has 15 nitrogen and oxygen atoms in total. The second-order valence-electron chi connectivity index (χ2n) is 13.8. The molecule has 2 aliphatic rings. The van der Waals surface area contributed by atoms with E-state index in [9.17, 15) is 28.5 Å². The van der Waals surface area contributed by atoms with Crippen molar-refractivity contribution in [3.8, 4) is 5.75 Å². The molecule has 5 rings (SSSR count). The molecule has 1 unspecified atom stereocenters. The number of amides is 4. The van der Waals surface area contributed by atoms with E-state index in [0.29, 0.717) is 43.4 Å². The van der Waals surface area contributed by atoms with Gasteiger partial charge in [0.25, 0.3) is 0 Å². The fourth-order valence-electron chi connectivity index (χ4n) is 6.98. The summed E-state index contributed by atoms with van der Waals surface area (Å²) >= 11 is 0. The first-order valence-electron chi connectivity index (χ1n) is 17.8. The summed E-state index contributed by atoms with van der Waals surface area (Å²) in [5.41, 5.74) is 2.25. The van der Waals surface area contributed by atoms with Gasteiger partial charge in [-0.2, -0.15) is 0 Å². The number of hydrogen-bond donors (Lipinski definition) is 6. The van der Waals surface area contributed by atoms with Crippen molar-refractivity contribution in [2.75, 3.05) is 6.35 Å². The van der Waals surface area contributed by atoms with Crippen LogP contribution in [0, 0.1) is 5.92 Å². The number of nitrogens with one attached hydrogen (secondary N) is 4. The number of nitrogens with zero attached hydrogens (tertiary/aromatic N) is 2. The molecule has 2 fully saturated rings. The lowest BCUT2D eigenvalue weighted by atomic mass is 9.92. The molecule has 2 aliphatic heterocycles. The molecule has 6 N–H and O–H groups in total. The van der Waals surface area contributed by atoms with Gasteiger partial charge in [-0.3, -0.25) is 23.7 Å². The van der Waals surface area contributed by atoms with E-state index in [4.69, 9.17) is 14.5 Å². The molecule has 2 saturated heterocycles. The second-order valence-corrected chi connectivity index (χ2v) is 15.4. The molecule has 3 heterocycles. The number of benzene rings is 2. The number of ether oxygens (including phenoxy) is 1. The Labute approximate surface area is 307 Å². The molecule has 0 saturated carbocycles. The largest absolute Gasteiger partial charge is 0.481 e. The average Bonchev–Trinajstić information content (AvgIpc) is 3.80. The van der Waals surface area contributed by atoms with Gasteiger partial charge in [-0.1, -0.05) is 55.3 Å². The monoisotopic (exact) mass is 750 g/mol. The summed E-state index contributed by atoms with van der Waals surface area (Å²) in [6, 6.07) is 12.9. The maximum Gasteiger partial charge on any atom is 0.362 e. The lowest BCUT2D eigenvalue weighted by Gasteiger charge is -2.36. The van der Waals surface area contributed by atoms with Crippen LogP contribution in [0.1, 0.15) is 68.7 Å². The third kappa shape index (κ3) is 11.6. The average molecular weight is 751 g/mol. The van der Waals surface area contributed by atoms with E-state index in [0.717, 1.165) is 12.0 Å². The van der Waals surface area contributed by atoms with E-state index in [1.54, 1.807) is 23.2 Å². The summed E-state index contributed by atoms with van der Waals surface area (Å²) in [5.74, 6) is -2.42. The number of aromatic amines is 1. The van der Waals surface area contributed by atoms with Crippen LogP contribution >= 0.6 is 7.60 Å². The summed E-state index contributed by atoms with van der Waals surface area (Å²) in [7, 11) is -4.36. The summed E-state index contributed by atoms with van der Waals surface area (Å²) in [4.78, 5) is 94.3. The number of H-pyrrole nitrogens is 1. The van der Waals surface area contributed by atoms with E-state index in [-0.39, 0.29) is 55.2 Å². The number of hydrogen-bond acceptors (Lipinski definition) is 8. The minimum atomic E-state index is -4.36. The van der Waals surface area contributed by atoms with Crippen molar-refractivity contribution in [1.29, 1.82) is 0 Å². The number of imidazole rings is 1. The Kier molecular flexibility index (Phi) is 13.6. The first-order valence-corrected chi connectivity index (χ1v) is 19.6. The van der Waals surface area contributed by atoms with Crippen LogP contribution < -0.4 is 20.7 Å². The van der Waals surface area contributed by atoms with Crippen LogP contribution in [0.4, 0.5) is 0 Å². The van der Waals surface area contributed by atoms with Gasteiger partial charge in [0.1, 0.15) is 29.7 Å². The zero-order chi connectivity index (χ0) is 38.0. The predicted octanol–water partition coefficient (Wildman–Crippen LogP) is 2.52. The molecule has 16 heteroatoms. The van der Waals surface area contributed by atoms with Crippen molar-refractivity contribution in [3.05, 3.63) is 83.9 Å². The van der Waals surface area contributed by atoms with Crippen molar-refractivity contribution in [1.82, 2.24) is 30.8 Å². The molecule has 1 aromatic heterocycles. The van der Waals surface area contributed by atoms with Gasteiger partial charge in [0.2, 0.25) is 23.6 Å². The minimum absolute atomic E-state index is 0.0649. The molecule has 4 amide bonds. The van der Waals surface area contributed by atoms with Gasteiger partial charge in [-0.25, -0.2) is 4.98 Å². The van der Waals surface area contributed by atoms with Crippen molar-refractivity contribution in [2.24, 2.45) is 5.92 Å². The smallest absolute Gasteiger partial charge is 0.362 e. The Morgan fingerprint density at radius 3 is 2.38 bits per heavy atom. The quantitative estimate of drug-likeness (QED) is 0.118. The van der Waals surface area contributed by atoms with Crippen molar-refractivity contribution in [3.63, 3.8) is 0 Å². The molecule has 53 heavy (non-hydrogen) atoms. The van der Waals surface area contributed by atoms with E-state index >= 15 is 0 Å². The lowest BCUT2D eigenvalue weighted by Crippen LogP contribution is -2.59. The number of carbonyl (C=O) groups excluding carboxylic acids is 5. The van der Waals surface area contributed by atoms with Gasteiger partial charge in [-0.15, -0.1) is 0 Å². The highest BCUT2D eigenvalue weighted by atomic mass is 31.2. The number of carbonyl (C=O) groups is 5. The Morgan fingerprint density at radius 2 is 1.70 bits per heavy atom. The van der Waals surface area contributed by atoms with Crippen LogP contribution in [0.25, 0.3) is 0 Å². The molecule has 5 atom stereocenters. The summed E-state index contributed by atoms with van der Waals surface area (Å²) in [6.07, 6.45) is 6.17. The van der Waals surface area contributed by atoms with Crippen molar-refractivity contribution >= 4 is 37.0 Å². The van der Waals surface area contributed by atoms with E-state index in [1.807, 2.05) is 30.3 Å². The minimum Gasteiger partial charge on any atom is -0.481 e. The van der Waals surface area contributed by atoms with Crippen LogP contribution in [0.5, 0.6) is 5.75 Å². The van der Waals surface area contributed by atoms with Crippen molar-refractivity contribution < 1.29 is 43.1 Å². The van der Waals surface area contributed by atoms with Crippen molar-refractivity contribution in [2.45, 2.75) is 95.4 Å². The molecular formula is C37H47N6O9P. The van der Waals surface area contributed by atoms with Crippen LogP contribution in [0.15, 0.2) is 67.1 Å². The fourth-order valence-corrected chi connectivity index (χ4v) is 7.30. The van der Waals surface area contributed by atoms with Crippen LogP contribution in [0.3, 0.4) is 0 Å². The molecule has 0 bridgehead atoms. The summed E-state index contributed by atoms with van der Waals surface area (Å²) < 4.78 is 16.3. The molecule has 0 spiro atoms. The number of ketones is 1. The van der Waals surface area contributed by atoms with E-state index in [1.165, 1.54) is 25.4 Å². The first-order chi connectivity index (χ1) is 25.4.